The number of β-amino-alcohol motifs (C(OH)–C–C–N with tert-alkyl or cyclic N) is 1. The molecule has 4 heterocycles. The SMILES string of the molecule is CNCc1ccccc1N1CC(O)C(F)C1.Cc1c(SN2CCn3nccc3C2)cc(C=O)n1C. The normalized spacial score (nSPS) is 19.9. The zero-order valence-electron chi connectivity index (χ0n) is 20.4. The third-order valence-electron chi connectivity index (χ3n) is 6.50. The van der Waals surface area contributed by atoms with Gasteiger partial charge in [-0.3, -0.25) is 9.48 Å². The first-order valence-corrected chi connectivity index (χ1v) is 12.5. The molecule has 5 rings (SSSR count). The second kappa shape index (κ2) is 11.4. The first kappa shape index (κ1) is 25.4. The van der Waals surface area contributed by atoms with E-state index in [4.69, 9.17) is 0 Å². The highest BCUT2D eigenvalue weighted by Crippen LogP contribution is 2.31. The molecule has 35 heavy (non-hydrogen) atoms. The molecule has 0 amide bonds. The maximum atomic E-state index is 13.3. The highest BCUT2D eigenvalue weighted by Gasteiger charge is 2.31. The van der Waals surface area contributed by atoms with Crippen LogP contribution in [0, 0.1) is 6.92 Å². The number of aromatic nitrogens is 3. The molecule has 2 atom stereocenters. The summed E-state index contributed by atoms with van der Waals surface area (Å²) in [6, 6.07) is 11.9. The lowest BCUT2D eigenvalue weighted by Crippen LogP contribution is -2.28. The fraction of sp³-hybridized carbons (Fsp3) is 0.440. The van der Waals surface area contributed by atoms with Crippen LogP contribution < -0.4 is 10.2 Å². The van der Waals surface area contributed by atoms with E-state index in [2.05, 4.69) is 20.8 Å². The molecule has 0 bridgehead atoms. The summed E-state index contributed by atoms with van der Waals surface area (Å²) in [7, 11) is 3.81. The standard InChI is InChI=1S/C13H16N4OS.C12H17FN2O/c1-10-13(7-12(9-18)15(10)2)19-16-5-6-17-11(8-16)3-4-14-17;1-14-6-9-4-2-3-5-11(9)15-7-10(13)12(16)8-15/h3-4,7,9H,5-6,8H2,1-2H3;2-5,10,12,14,16H,6-8H2,1H3. The van der Waals surface area contributed by atoms with Gasteiger partial charge in [0.15, 0.2) is 6.29 Å². The van der Waals surface area contributed by atoms with Crippen molar-refractivity contribution < 1.29 is 14.3 Å². The van der Waals surface area contributed by atoms with Gasteiger partial charge in [0, 0.05) is 49.2 Å². The number of halogens is 1. The van der Waals surface area contributed by atoms with Crippen molar-refractivity contribution in [2.75, 3.05) is 31.6 Å². The van der Waals surface area contributed by atoms with Gasteiger partial charge in [-0.15, -0.1) is 0 Å². The topological polar surface area (TPSA) is 78.6 Å². The first-order chi connectivity index (χ1) is 16.9. The maximum absolute atomic E-state index is 13.3. The number of alkyl halides is 1. The molecule has 188 valence electrons. The summed E-state index contributed by atoms with van der Waals surface area (Å²) >= 11 is 1.72. The summed E-state index contributed by atoms with van der Waals surface area (Å²) in [4.78, 5) is 14.0. The molecule has 0 saturated carbocycles. The lowest BCUT2D eigenvalue weighted by molar-refractivity contribution is 0.111. The van der Waals surface area contributed by atoms with Crippen LogP contribution in [0.25, 0.3) is 0 Å². The van der Waals surface area contributed by atoms with E-state index in [1.54, 1.807) is 11.9 Å². The summed E-state index contributed by atoms with van der Waals surface area (Å²) in [6.07, 6.45) is 0.759. The van der Waals surface area contributed by atoms with Crippen molar-refractivity contribution in [3.8, 4) is 0 Å². The predicted octanol–water partition coefficient (Wildman–Crippen LogP) is 2.79. The van der Waals surface area contributed by atoms with Crippen molar-refractivity contribution >= 4 is 23.9 Å². The van der Waals surface area contributed by atoms with Crippen LogP contribution in [0.1, 0.15) is 27.4 Å². The van der Waals surface area contributed by atoms with E-state index in [1.165, 1.54) is 5.69 Å². The molecule has 10 heteroatoms. The molecule has 2 aliphatic rings. The van der Waals surface area contributed by atoms with Gasteiger partial charge in [0.1, 0.15) is 12.3 Å². The molecular weight excluding hydrogens is 467 g/mol. The Balaban J connectivity index is 0.000000168. The van der Waals surface area contributed by atoms with E-state index in [9.17, 15) is 14.3 Å². The van der Waals surface area contributed by atoms with Gasteiger partial charge < -0.3 is 19.9 Å². The van der Waals surface area contributed by atoms with E-state index in [1.807, 2.05) is 71.7 Å². The second-order valence-corrected chi connectivity index (χ2v) is 9.98. The third-order valence-corrected chi connectivity index (χ3v) is 7.68. The zero-order chi connectivity index (χ0) is 24.9. The minimum Gasteiger partial charge on any atom is -0.388 e. The Labute approximate surface area is 209 Å². The predicted molar refractivity (Wildman–Crippen MR) is 136 cm³/mol. The van der Waals surface area contributed by atoms with E-state index < -0.39 is 12.3 Å². The Kier molecular flexibility index (Phi) is 8.27. The van der Waals surface area contributed by atoms with Crippen molar-refractivity contribution in [1.82, 2.24) is 24.0 Å². The van der Waals surface area contributed by atoms with Crippen LogP contribution in [0.3, 0.4) is 0 Å². The molecule has 0 radical (unpaired) electrons. The van der Waals surface area contributed by atoms with Crippen molar-refractivity contribution in [3.63, 3.8) is 0 Å². The minimum atomic E-state index is -1.14. The highest BCUT2D eigenvalue weighted by atomic mass is 32.2. The molecule has 2 N–H and O–H groups in total. The van der Waals surface area contributed by atoms with Crippen LogP contribution in [0.2, 0.25) is 0 Å². The number of carbonyl (C=O) groups excluding carboxylic acids is 1. The summed E-state index contributed by atoms with van der Waals surface area (Å²) < 4.78 is 19.6. The van der Waals surface area contributed by atoms with Gasteiger partial charge >= 0.3 is 0 Å². The van der Waals surface area contributed by atoms with Crippen molar-refractivity contribution in [1.29, 1.82) is 0 Å². The van der Waals surface area contributed by atoms with Gasteiger partial charge in [0.05, 0.1) is 31.0 Å². The van der Waals surface area contributed by atoms with Crippen LogP contribution in [-0.4, -0.2) is 69.0 Å². The number of aliphatic hydroxyl groups excluding tert-OH is 1. The molecule has 8 nitrogen and oxygen atoms in total. The summed E-state index contributed by atoms with van der Waals surface area (Å²) in [6.45, 7) is 6.22. The van der Waals surface area contributed by atoms with Crippen LogP contribution in [0.5, 0.6) is 0 Å². The number of anilines is 1. The second-order valence-electron chi connectivity index (χ2n) is 8.84. The molecule has 2 aromatic heterocycles. The smallest absolute Gasteiger partial charge is 0.166 e. The van der Waals surface area contributed by atoms with Gasteiger partial charge in [-0.05, 0) is 49.7 Å². The summed E-state index contributed by atoms with van der Waals surface area (Å²) in [5.41, 5.74) is 5.23. The molecule has 1 aromatic carbocycles. The summed E-state index contributed by atoms with van der Waals surface area (Å²) in [5, 5.41) is 16.8. The van der Waals surface area contributed by atoms with Crippen molar-refractivity contribution in [3.05, 3.63) is 65.2 Å². The quantitative estimate of drug-likeness (QED) is 0.398. The maximum Gasteiger partial charge on any atom is 0.166 e. The number of hydrogen-bond acceptors (Lipinski definition) is 7. The van der Waals surface area contributed by atoms with E-state index in [0.717, 1.165) is 60.0 Å². The van der Waals surface area contributed by atoms with Gasteiger partial charge in [-0.2, -0.15) is 5.10 Å². The van der Waals surface area contributed by atoms with Crippen LogP contribution in [-0.2, 0) is 26.7 Å². The minimum absolute atomic E-state index is 0.280. The summed E-state index contributed by atoms with van der Waals surface area (Å²) in [5.74, 6) is 0. The largest absolute Gasteiger partial charge is 0.388 e. The van der Waals surface area contributed by atoms with E-state index in [-0.39, 0.29) is 6.54 Å². The fourth-order valence-corrected chi connectivity index (χ4v) is 5.47. The fourth-order valence-electron chi connectivity index (χ4n) is 4.38. The van der Waals surface area contributed by atoms with Crippen LogP contribution in [0.15, 0.2) is 47.5 Å². The molecule has 1 saturated heterocycles. The number of para-hydroxylation sites is 1. The van der Waals surface area contributed by atoms with Gasteiger partial charge in [0.2, 0.25) is 0 Å². The number of nitrogens with one attached hydrogen (secondary N) is 1. The molecule has 3 aromatic rings. The van der Waals surface area contributed by atoms with E-state index >= 15 is 0 Å². The third kappa shape index (κ3) is 5.78. The molecule has 2 aliphatic heterocycles. The lowest BCUT2D eigenvalue weighted by atomic mass is 10.1. The number of benzene rings is 1. The Morgan fingerprint density at radius 1 is 1.26 bits per heavy atom. The van der Waals surface area contributed by atoms with Crippen LogP contribution in [0.4, 0.5) is 10.1 Å². The van der Waals surface area contributed by atoms with E-state index in [0.29, 0.717) is 6.54 Å². The number of rotatable bonds is 6. The number of carbonyl (C=O) groups is 1. The van der Waals surface area contributed by atoms with Gasteiger partial charge in [-0.1, -0.05) is 18.2 Å². The Bertz CT molecular complexity index is 1140. The van der Waals surface area contributed by atoms with Gasteiger partial charge in [-0.25, -0.2) is 8.70 Å². The number of nitrogens with zero attached hydrogens (tertiary/aromatic N) is 5. The molecule has 2 unspecified atom stereocenters. The Morgan fingerprint density at radius 2 is 2.06 bits per heavy atom. The molecule has 0 aliphatic carbocycles. The highest BCUT2D eigenvalue weighted by molar-refractivity contribution is 7.97. The molecule has 0 spiro atoms. The monoisotopic (exact) mass is 500 g/mol. The number of aldehydes is 1. The average molecular weight is 501 g/mol. The van der Waals surface area contributed by atoms with Crippen LogP contribution >= 0.6 is 11.9 Å². The number of fused-ring (bicyclic) bond motifs is 1. The molecular formula is C25H33FN6O2S. The van der Waals surface area contributed by atoms with Crippen molar-refractivity contribution in [2.45, 2.75) is 43.7 Å². The molecule has 1 fully saturated rings. The zero-order valence-corrected chi connectivity index (χ0v) is 21.2. The Hall–Kier alpha value is -2.66. The van der Waals surface area contributed by atoms with Gasteiger partial charge in [0.25, 0.3) is 0 Å². The van der Waals surface area contributed by atoms with Crippen molar-refractivity contribution in [2.24, 2.45) is 7.05 Å². The number of aliphatic hydroxyl groups is 1. The number of hydrogen-bond donors (Lipinski definition) is 2. The Morgan fingerprint density at radius 3 is 2.74 bits per heavy atom. The lowest BCUT2D eigenvalue weighted by Gasteiger charge is -2.26. The first-order valence-electron chi connectivity index (χ1n) is 11.8. The average Bonchev–Trinajstić information content (AvgIpc) is 3.54.